The molecule has 1 aromatic rings. The molecule has 0 N–H and O–H groups in total. The van der Waals surface area contributed by atoms with Crippen molar-refractivity contribution in [2.24, 2.45) is 4.99 Å². The van der Waals surface area contributed by atoms with Crippen molar-refractivity contribution >= 4 is 11.9 Å². The molecule has 10 heteroatoms. The van der Waals surface area contributed by atoms with Gasteiger partial charge in [-0.2, -0.15) is 18.2 Å². The average molecular weight is 484 g/mol. The standard InChI is InChI=1S/C24H32F3N3O4/c1-23(2)15-30(13-18-7-5-11-32-18)22(34-23)28-21(31)19-12-16(24(25,26)27)8-9-20(19)33-14-17-6-4-10-29(17)3/h8-9,12,17-18H,4-7,10-11,13-15H2,1-3H3/t17-,18+/m0/s1. The second-order valence-corrected chi connectivity index (χ2v) is 9.87. The number of rotatable bonds is 6. The van der Waals surface area contributed by atoms with Crippen molar-refractivity contribution in [2.75, 3.05) is 39.9 Å². The van der Waals surface area contributed by atoms with Gasteiger partial charge in [0.1, 0.15) is 18.0 Å². The molecular formula is C24H32F3N3O4. The third-order valence-corrected chi connectivity index (χ3v) is 6.49. The molecule has 1 aromatic carbocycles. The molecule has 4 rings (SSSR count). The number of carbonyl (C=O) groups is 1. The number of nitrogens with zero attached hydrogens (tertiary/aromatic N) is 3. The molecule has 3 aliphatic rings. The summed E-state index contributed by atoms with van der Waals surface area (Å²) in [7, 11) is 1.98. The lowest BCUT2D eigenvalue weighted by atomic mass is 10.1. The summed E-state index contributed by atoms with van der Waals surface area (Å²) in [5, 5.41) is 0. The molecule has 0 spiro atoms. The smallest absolute Gasteiger partial charge is 0.416 e. The number of likely N-dealkylation sites (N-methyl/N-ethyl adjacent to an activating group) is 1. The minimum absolute atomic E-state index is 0.00801. The molecule has 34 heavy (non-hydrogen) atoms. The molecule has 0 radical (unpaired) electrons. The second-order valence-electron chi connectivity index (χ2n) is 9.87. The van der Waals surface area contributed by atoms with Crippen LogP contribution in [0, 0.1) is 0 Å². The molecule has 3 aliphatic heterocycles. The molecule has 0 unspecified atom stereocenters. The van der Waals surface area contributed by atoms with E-state index in [1.807, 2.05) is 25.8 Å². The van der Waals surface area contributed by atoms with Crippen LogP contribution in [0.1, 0.15) is 55.5 Å². The summed E-state index contributed by atoms with van der Waals surface area (Å²) in [5.41, 5.74) is -1.74. The highest BCUT2D eigenvalue weighted by molar-refractivity contribution is 6.03. The zero-order valence-corrected chi connectivity index (χ0v) is 19.9. The van der Waals surface area contributed by atoms with Gasteiger partial charge >= 0.3 is 6.18 Å². The minimum Gasteiger partial charge on any atom is -0.491 e. The number of benzene rings is 1. The Morgan fingerprint density at radius 2 is 2.06 bits per heavy atom. The highest BCUT2D eigenvalue weighted by atomic mass is 19.4. The Labute approximate surface area is 197 Å². The fourth-order valence-electron chi connectivity index (χ4n) is 4.66. The van der Waals surface area contributed by atoms with Crippen LogP contribution in [0.15, 0.2) is 23.2 Å². The van der Waals surface area contributed by atoms with Crippen molar-refractivity contribution < 1.29 is 32.2 Å². The van der Waals surface area contributed by atoms with Crippen LogP contribution in [0.3, 0.4) is 0 Å². The Morgan fingerprint density at radius 3 is 2.71 bits per heavy atom. The van der Waals surface area contributed by atoms with Gasteiger partial charge in [0.25, 0.3) is 11.9 Å². The van der Waals surface area contributed by atoms with E-state index in [-0.39, 0.29) is 36.1 Å². The number of hydrogen-bond acceptors (Lipinski definition) is 5. The number of hydrogen-bond donors (Lipinski definition) is 0. The van der Waals surface area contributed by atoms with Gasteiger partial charge in [0, 0.05) is 19.2 Å². The van der Waals surface area contributed by atoms with E-state index >= 15 is 0 Å². The van der Waals surface area contributed by atoms with Gasteiger partial charge in [0.15, 0.2) is 0 Å². The minimum atomic E-state index is -4.59. The van der Waals surface area contributed by atoms with Gasteiger partial charge in [-0.25, -0.2) is 0 Å². The van der Waals surface area contributed by atoms with Crippen LogP contribution in [0.2, 0.25) is 0 Å². The Kier molecular flexibility index (Phi) is 7.09. The van der Waals surface area contributed by atoms with E-state index in [1.54, 1.807) is 0 Å². The van der Waals surface area contributed by atoms with Crippen LogP contribution >= 0.6 is 0 Å². The molecule has 0 aliphatic carbocycles. The topological polar surface area (TPSA) is 63.6 Å². The zero-order chi connectivity index (χ0) is 24.5. The summed E-state index contributed by atoms with van der Waals surface area (Å²) in [6, 6.07) is 3.19. The Bertz CT molecular complexity index is 929. The molecular weight excluding hydrogens is 451 g/mol. The first-order valence-electron chi connectivity index (χ1n) is 11.7. The average Bonchev–Trinajstić information content (AvgIpc) is 3.47. The van der Waals surface area contributed by atoms with E-state index < -0.39 is 23.2 Å². The normalized spacial score (nSPS) is 26.3. The first-order valence-corrected chi connectivity index (χ1v) is 11.7. The van der Waals surface area contributed by atoms with Gasteiger partial charge in [-0.05, 0) is 71.3 Å². The lowest BCUT2D eigenvalue weighted by Crippen LogP contribution is -2.35. The van der Waals surface area contributed by atoms with Crippen molar-refractivity contribution in [1.82, 2.24) is 9.80 Å². The van der Waals surface area contributed by atoms with E-state index in [1.165, 1.54) is 6.07 Å². The summed E-state index contributed by atoms with van der Waals surface area (Å²) < 4.78 is 57.6. The maximum Gasteiger partial charge on any atom is 0.416 e. The van der Waals surface area contributed by atoms with Crippen molar-refractivity contribution in [3.63, 3.8) is 0 Å². The number of alkyl halides is 3. The summed E-state index contributed by atoms with van der Waals surface area (Å²) in [4.78, 5) is 21.3. The zero-order valence-electron chi connectivity index (χ0n) is 19.9. The number of halogens is 3. The van der Waals surface area contributed by atoms with Crippen molar-refractivity contribution in [3.8, 4) is 5.75 Å². The molecule has 2 atom stereocenters. The van der Waals surface area contributed by atoms with E-state index in [4.69, 9.17) is 14.2 Å². The molecule has 0 bridgehead atoms. The van der Waals surface area contributed by atoms with Crippen molar-refractivity contribution in [1.29, 1.82) is 0 Å². The predicted octanol–water partition coefficient (Wildman–Crippen LogP) is 3.96. The molecule has 0 saturated carbocycles. The predicted molar refractivity (Wildman–Crippen MR) is 120 cm³/mol. The number of likely N-dealkylation sites (tertiary alicyclic amines) is 1. The number of aliphatic imine (C=N–C) groups is 1. The summed E-state index contributed by atoms with van der Waals surface area (Å²) >= 11 is 0. The monoisotopic (exact) mass is 483 g/mol. The number of amidine groups is 1. The highest BCUT2D eigenvalue weighted by Crippen LogP contribution is 2.34. The van der Waals surface area contributed by atoms with Gasteiger partial charge in [0.2, 0.25) is 0 Å². The van der Waals surface area contributed by atoms with Crippen molar-refractivity contribution in [2.45, 2.75) is 63.5 Å². The third-order valence-electron chi connectivity index (χ3n) is 6.49. The summed E-state index contributed by atoms with van der Waals surface area (Å²) in [5.74, 6) is -0.739. The molecule has 7 nitrogen and oxygen atoms in total. The molecule has 3 fully saturated rings. The number of carbonyl (C=O) groups excluding carboxylic acids is 1. The molecule has 1 amide bonds. The first kappa shape index (κ1) is 24.8. The quantitative estimate of drug-likeness (QED) is 0.610. The Hall–Kier alpha value is -2.33. The third kappa shape index (κ3) is 5.83. The second kappa shape index (κ2) is 9.73. The van der Waals surface area contributed by atoms with E-state index in [9.17, 15) is 18.0 Å². The van der Waals surface area contributed by atoms with Crippen LogP contribution in [0.4, 0.5) is 13.2 Å². The molecule has 3 saturated heterocycles. The van der Waals surface area contributed by atoms with Crippen molar-refractivity contribution in [3.05, 3.63) is 29.3 Å². The van der Waals surface area contributed by atoms with E-state index in [0.29, 0.717) is 19.7 Å². The summed E-state index contributed by atoms with van der Waals surface area (Å²) in [6.07, 6.45) is -0.749. The van der Waals surface area contributed by atoms with E-state index in [0.717, 1.165) is 44.4 Å². The Morgan fingerprint density at radius 1 is 1.26 bits per heavy atom. The van der Waals surface area contributed by atoms with Crippen LogP contribution in [-0.2, 0) is 15.7 Å². The maximum absolute atomic E-state index is 13.4. The summed E-state index contributed by atoms with van der Waals surface area (Å²) in [6.45, 7) is 6.67. The molecule has 0 aromatic heterocycles. The lowest BCUT2D eigenvalue weighted by Gasteiger charge is -2.21. The van der Waals surface area contributed by atoms with Gasteiger partial charge in [-0.15, -0.1) is 0 Å². The fourth-order valence-corrected chi connectivity index (χ4v) is 4.66. The SMILES string of the molecule is CN1CCC[C@H]1COc1ccc(C(F)(F)F)cc1C(=O)N=C1OC(C)(C)CN1C[C@H]1CCCO1. The fraction of sp³-hybridized carbons (Fsp3) is 0.667. The van der Waals surface area contributed by atoms with Gasteiger partial charge in [-0.3, -0.25) is 4.79 Å². The number of amides is 1. The Balaban J connectivity index is 1.59. The van der Waals surface area contributed by atoms with Gasteiger partial charge in [-0.1, -0.05) is 0 Å². The van der Waals surface area contributed by atoms with Crippen LogP contribution in [0.5, 0.6) is 5.75 Å². The maximum atomic E-state index is 13.4. The largest absolute Gasteiger partial charge is 0.491 e. The van der Waals surface area contributed by atoms with Crippen LogP contribution < -0.4 is 4.74 Å². The van der Waals surface area contributed by atoms with Gasteiger partial charge < -0.3 is 24.0 Å². The number of ether oxygens (including phenoxy) is 3. The van der Waals surface area contributed by atoms with E-state index in [2.05, 4.69) is 9.89 Å². The highest BCUT2D eigenvalue weighted by Gasteiger charge is 2.39. The lowest BCUT2D eigenvalue weighted by molar-refractivity contribution is -0.137. The molecule has 3 heterocycles. The van der Waals surface area contributed by atoms with Crippen LogP contribution in [-0.4, -0.2) is 79.4 Å². The first-order chi connectivity index (χ1) is 16.0. The van der Waals surface area contributed by atoms with Crippen LogP contribution in [0.25, 0.3) is 0 Å². The molecule has 188 valence electrons. The van der Waals surface area contributed by atoms with Gasteiger partial charge in [0.05, 0.1) is 23.8 Å².